The molecule has 0 saturated heterocycles. The summed E-state index contributed by atoms with van der Waals surface area (Å²) in [4.78, 5) is 9.36. The molecular weight excluding hydrogens is 456 g/mol. The molecule has 0 spiro atoms. The predicted octanol–water partition coefficient (Wildman–Crippen LogP) is 9.26. The molecule has 186 valence electrons. The van der Waals surface area contributed by atoms with Crippen LogP contribution < -0.4 is 0 Å². The second kappa shape index (κ2) is 8.58. The van der Waals surface area contributed by atoms with E-state index < -0.39 is 0 Å². The molecule has 0 unspecified atom stereocenters. The second-order valence-corrected chi connectivity index (χ2v) is 11.6. The smallest absolute Gasteiger partial charge is 0.227 e. The Labute approximate surface area is 217 Å². The first kappa shape index (κ1) is 23.5. The number of aromatic nitrogens is 2. The summed E-state index contributed by atoms with van der Waals surface area (Å²) in [6.07, 6.45) is 8.50. The van der Waals surface area contributed by atoms with Gasteiger partial charge in [-0.05, 0) is 88.2 Å². The Morgan fingerprint density at radius 3 is 2.51 bits per heavy atom. The molecule has 0 saturated carbocycles. The third kappa shape index (κ3) is 4.11. The summed E-state index contributed by atoms with van der Waals surface area (Å²) in [5.74, 6) is 0.576. The lowest BCUT2D eigenvalue weighted by Gasteiger charge is -2.22. The lowest BCUT2D eigenvalue weighted by Crippen LogP contribution is -2.12. The fourth-order valence-electron chi connectivity index (χ4n) is 5.39. The maximum Gasteiger partial charge on any atom is 0.227 e. The summed E-state index contributed by atoms with van der Waals surface area (Å²) >= 11 is 0. The molecule has 0 amide bonds. The van der Waals surface area contributed by atoms with Gasteiger partial charge >= 0.3 is 0 Å². The number of aryl methyl sites for hydroxylation is 1. The van der Waals surface area contributed by atoms with E-state index in [1.807, 2.05) is 18.7 Å². The van der Waals surface area contributed by atoms with Gasteiger partial charge in [-0.2, -0.15) is 0 Å². The Balaban J connectivity index is 1.57. The van der Waals surface area contributed by atoms with Gasteiger partial charge in [0.15, 0.2) is 0 Å². The Morgan fingerprint density at radius 1 is 0.892 bits per heavy atom. The average Bonchev–Trinajstić information content (AvgIpc) is 3.44. The van der Waals surface area contributed by atoms with Gasteiger partial charge in [-0.3, -0.25) is 4.98 Å². The van der Waals surface area contributed by atoms with E-state index >= 15 is 0 Å². The van der Waals surface area contributed by atoms with Gasteiger partial charge in [0.1, 0.15) is 5.58 Å². The molecule has 2 aromatic carbocycles. The first-order chi connectivity index (χ1) is 17.7. The first-order valence-electron chi connectivity index (χ1n) is 13.0. The van der Waals surface area contributed by atoms with Gasteiger partial charge < -0.3 is 8.83 Å². The van der Waals surface area contributed by atoms with Crippen molar-refractivity contribution >= 4 is 32.8 Å². The lowest BCUT2D eigenvalue weighted by atomic mass is 9.82. The van der Waals surface area contributed by atoms with Crippen LogP contribution in [-0.2, 0) is 11.8 Å². The van der Waals surface area contributed by atoms with Crippen molar-refractivity contribution in [2.45, 2.75) is 53.4 Å². The van der Waals surface area contributed by atoms with Crippen LogP contribution in [0, 0.1) is 12.8 Å². The molecule has 0 radical (unpaired) electrons. The van der Waals surface area contributed by atoms with E-state index in [1.54, 1.807) is 6.26 Å². The van der Waals surface area contributed by atoms with Crippen molar-refractivity contribution in [2.75, 3.05) is 0 Å². The van der Waals surface area contributed by atoms with Gasteiger partial charge in [-0.1, -0.05) is 46.8 Å². The van der Waals surface area contributed by atoms with Crippen LogP contribution in [0.25, 0.3) is 55.2 Å². The molecule has 0 bridgehead atoms. The molecule has 4 nitrogen and oxygen atoms in total. The Morgan fingerprint density at radius 2 is 1.73 bits per heavy atom. The molecule has 0 fully saturated rings. The van der Waals surface area contributed by atoms with Crippen LogP contribution in [0.4, 0.5) is 0 Å². The predicted molar refractivity (Wildman–Crippen MR) is 152 cm³/mol. The topological polar surface area (TPSA) is 52.1 Å². The molecule has 4 aromatic heterocycles. The molecule has 4 heterocycles. The zero-order valence-electron chi connectivity index (χ0n) is 22.3. The Kier molecular flexibility index (Phi) is 5.45. The highest BCUT2D eigenvalue weighted by atomic mass is 16.3. The van der Waals surface area contributed by atoms with E-state index in [9.17, 15) is 0 Å². The molecule has 6 aromatic rings. The highest BCUT2D eigenvalue weighted by Gasteiger charge is 2.21. The van der Waals surface area contributed by atoms with Crippen LogP contribution in [0.5, 0.6) is 0 Å². The Bertz CT molecular complexity index is 1780. The quantitative estimate of drug-likeness (QED) is 0.248. The van der Waals surface area contributed by atoms with E-state index in [2.05, 4.69) is 89.0 Å². The molecule has 4 heteroatoms. The van der Waals surface area contributed by atoms with Gasteiger partial charge in [-0.25, -0.2) is 4.98 Å². The summed E-state index contributed by atoms with van der Waals surface area (Å²) in [6.45, 7) is 13.3. The summed E-state index contributed by atoms with van der Waals surface area (Å²) < 4.78 is 12.0. The minimum absolute atomic E-state index is 0.0260. The van der Waals surface area contributed by atoms with Crippen LogP contribution in [0.2, 0.25) is 0 Å². The van der Waals surface area contributed by atoms with Crippen molar-refractivity contribution in [3.05, 3.63) is 84.1 Å². The summed E-state index contributed by atoms with van der Waals surface area (Å²) in [5.41, 5.74) is 9.26. The van der Waals surface area contributed by atoms with Crippen LogP contribution in [0.1, 0.15) is 51.3 Å². The number of hydrogen-bond acceptors (Lipinski definition) is 4. The molecule has 0 aliphatic rings. The van der Waals surface area contributed by atoms with Crippen LogP contribution in [-0.4, -0.2) is 9.97 Å². The number of furan rings is 2. The SMILES string of the molecule is Cc1coc2nc(-c3cc(C(C)(C)C)c4ccncc4c3)cc(-c3ccc4c(CC(C)C)coc4c3)c12. The highest BCUT2D eigenvalue weighted by molar-refractivity contribution is 5.99. The molecule has 37 heavy (non-hydrogen) atoms. The second-order valence-electron chi connectivity index (χ2n) is 11.6. The maximum absolute atomic E-state index is 6.01. The first-order valence-corrected chi connectivity index (χ1v) is 13.0. The van der Waals surface area contributed by atoms with Crippen LogP contribution >= 0.6 is 0 Å². The summed E-state index contributed by atoms with van der Waals surface area (Å²) in [7, 11) is 0. The van der Waals surface area contributed by atoms with Gasteiger partial charge in [0.25, 0.3) is 0 Å². The van der Waals surface area contributed by atoms with E-state index in [1.165, 1.54) is 21.9 Å². The number of hydrogen-bond donors (Lipinski definition) is 0. The van der Waals surface area contributed by atoms with Crippen molar-refractivity contribution < 1.29 is 8.83 Å². The van der Waals surface area contributed by atoms with Crippen molar-refractivity contribution in [1.82, 2.24) is 9.97 Å². The number of pyridine rings is 2. The zero-order chi connectivity index (χ0) is 25.9. The standard InChI is InChI=1S/C33H32N2O2/c1-19(2)11-24-18-36-30-14-21(7-8-26(24)30)27-15-29(35-32-31(27)20(3)17-37-32)22-12-23-16-34-10-9-25(23)28(13-22)33(4,5)6/h7-10,12-19H,11H2,1-6H3. The molecule has 0 aliphatic carbocycles. The minimum atomic E-state index is -0.0260. The van der Waals surface area contributed by atoms with Crippen molar-refractivity contribution in [3.63, 3.8) is 0 Å². The van der Waals surface area contributed by atoms with Crippen molar-refractivity contribution in [3.8, 4) is 22.4 Å². The summed E-state index contributed by atoms with van der Waals surface area (Å²) in [6, 6.07) is 15.3. The minimum Gasteiger partial charge on any atom is -0.464 e. The Hall–Kier alpha value is -3.92. The number of fused-ring (bicyclic) bond motifs is 3. The van der Waals surface area contributed by atoms with E-state index in [4.69, 9.17) is 13.8 Å². The number of nitrogens with zero attached hydrogens (tertiary/aromatic N) is 2. The maximum atomic E-state index is 6.01. The van der Waals surface area contributed by atoms with Crippen molar-refractivity contribution in [2.24, 2.45) is 5.92 Å². The average molecular weight is 489 g/mol. The largest absolute Gasteiger partial charge is 0.464 e. The van der Waals surface area contributed by atoms with Crippen LogP contribution in [0.3, 0.4) is 0 Å². The van der Waals surface area contributed by atoms with E-state index in [0.29, 0.717) is 11.6 Å². The normalized spacial score (nSPS) is 12.4. The molecule has 6 rings (SSSR count). The number of benzene rings is 2. The lowest BCUT2D eigenvalue weighted by molar-refractivity contribution is 0.594. The monoisotopic (exact) mass is 488 g/mol. The van der Waals surface area contributed by atoms with Gasteiger partial charge in [-0.15, -0.1) is 0 Å². The fraction of sp³-hybridized carbons (Fsp3) is 0.273. The van der Waals surface area contributed by atoms with E-state index in [0.717, 1.165) is 50.7 Å². The van der Waals surface area contributed by atoms with Gasteiger partial charge in [0, 0.05) is 28.7 Å². The van der Waals surface area contributed by atoms with Gasteiger partial charge in [0.2, 0.25) is 5.71 Å². The molecule has 0 aliphatic heterocycles. The third-order valence-electron chi connectivity index (χ3n) is 7.18. The number of rotatable bonds is 4. The zero-order valence-corrected chi connectivity index (χ0v) is 22.3. The third-order valence-corrected chi connectivity index (χ3v) is 7.18. The van der Waals surface area contributed by atoms with E-state index in [-0.39, 0.29) is 5.41 Å². The van der Waals surface area contributed by atoms with Crippen LogP contribution in [0.15, 0.2) is 76.2 Å². The van der Waals surface area contributed by atoms with Gasteiger partial charge in [0.05, 0.1) is 23.6 Å². The molecular formula is C33H32N2O2. The fourth-order valence-corrected chi connectivity index (χ4v) is 5.39. The molecule has 0 atom stereocenters. The highest BCUT2D eigenvalue weighted by Crippen LogP contribution is 2.39. The van der Waals surface area contributed by atoms with Crippen molar-refractivity contribution in [1.29, 1.82) is 0 Å². The molecule has 0 N–H and O–H groups in total. The summed E-state index contributed by atoms with van der Waals surface area (Å²) in [5, 5.41) is 4.56.